The summed E-state index contributed by atoms with van der Waals surface area (Å²) >= 11 is 0. The first-order valence-electron chi connectivity index (χ1n) is 5.45. The molecule has 0 aliphatic heterocycles. The Bertz CT molecular complexity index is 235. The van der Waals surface area contributed by atoms with Crippen LogP contribution in [0.5, 0.6) is 0 Å². The van der Waals surface area contributed by atoms with Crippen molar-refractivity contribution in [2.45, 2.75) is 52.9 Å². The summed E-state index contributed by atoms with van der Waals surface area (Å²) in [5, 5.41) is 0. The lowest BCUT2D eigenvalue weighted by Gasteiger charge is -2.30. The molecule has 0 radical (unpaired) electrons. The predicted octanol–water partition coefficient (Wildman–Crippen LogP) is 2.75. The van der Waals surface area contributed by atoms with Gasteiger partial charge in [0.15, 0.2) is 0 Å². The van der Waals surface area contributed by atoms with Gasteiger partial charge < -0.3 is 0 Å². The molecule has 80 valence electrons. The van der Waals surface area contributed by atoms with E-state index in [2.05, 4.69) is 20.8 Å². The number of carbonyl (C=O) groups excluding carboxylic acids is 2. The summed E-state index contributed by atoms with van der Waals surface area (Å²) in [6.07, 6.45) is 3.69. The van der Waals surface area contributed by atoms with Crippen molar-refractivity contribution in [3.05, 3.63) is 0 Å². The molecular weight excluding hydrogens is 176 g/mol. The van der Waals surface area contributed by atoms with Crippen molar-refractivity contribution < 1.29 is 9.59 Å². The Morgan fingerprint density at radius 1 is 1.14 bits per heavy atom. The van der Waals surface area contributed by atoms with Crippen molar-refractivity contribution in [1.29, 1.82) is 0 Å². The Balaban J connectivity index is 2.73. The third-order valence-electron chi connectivity index (χ3n) is 3.00. The highest BCUT2D eigenvalue weighted by atomic mass is 16.1. The number of carbonyl (C=O) groups is 2. The number of rotatable bonds is 0. The summed E-state index contributed by atoms with van der Waals surface area (Å²) in [6, 6.07) is 0. The Kier molecular flexibility index (Phi) is 3.46. The zero-order chi connectivity index (χ0) is 10.8. The average Bonchev–Trinajstić information content (AvgIpc) is 1.97. The Labute approximate surface area is 86.1 Å². The minimum atomic E-state index is 0.00863. The molecule has 0 heterocycles. The molecule has 2 nitrogen and oxygen atoms in total. The second-order valence-electron chi connectivity index (χ2n) is 5.35. The van der Waals surface area contributed by atoms with Crippen LogP contribution in [-0.4, -0.2) is 11.6 Å². The third-order valence-corrected chi connectivity index (χ3v) is 3.00. The normalized spacial score (nSPS) is 25.8. The molecule has 14 heavy (non-hydrogen) atoms. The van der Waals surface area contributed by atoms with E-state index in [0.29, 0.717) is 6.42 Å². The van der Waals surface area contributed by atoms with Crippen molar-refractivity contribution in [2.24, 2.45) is 11.3 Å². The second kappa shape index (κ2) is 4.24. The van der Waals surface area contributed by atoms with Gasteiger partial charge in [-0.1, -0.05) is 27.2 Å². The summed E-state index contributed by atoms with van der Waals surface area (Å²) in [6.45, 7) is 6.25. The van der Waals surface area contributed by atoms with E-state index in [4.69, 9.17) is 0 Å². The van der Waals surface area contributed by atoms with E-state index < -0.39 is 0 Å². The first-order valence-corrected chi connectivity index (χ1v) is 5.45. The van der Waals surface area contributed by atoms with Crippen molar-refractivity contribution >= 4 is 11.6 Å². The number of hydrogen-bond acceptors (Lipinski definition) is 2. The van der Waals surface area contributed by atoms with Crippen molar-refractivity contribution in [1.82, 2.24) is 0 Å². The smallest absolute Gasteiger partial charge is 0.143 e. The molecule has 0 aromatic carbocycles. The fourth-order valence-corrected chi connectivity index (χ4v) is 2.15. The zero-order valence-electron chi connectivity index (χ0n) is 9.43. The molecule has 1 aliphatic carbocycles. The molecule has 1 atom stereocenters. The molecule has 1 saturated carbocycles. The zero-order valence-corrected chi connectivity index (χ0v) is 9.43. The minimum Gasteiger partial charge on any atom is -0.299 e. The van der Waals surface area contributed by atoms with Gasteiger partial charge in [0.05, 0.1) is 6.42 Å². The van der Waals surface area contributed by atoms with Gasteiger partial charge in [0, 0.05) is 12.3 Å². The first kappa shape index (κ1) is 11.4. The Morgan fingerprint density at radius 3 is 2.36 bits per heavy atom. The van der Waals surface area contributed by atoms with Gasteiger partial charge in [0.1, 0.15) is 11.6 Å². The SMILES string of the molecule is CC(C)(C)C1CCCCC(=O)CC1=O. The fourth-order valence-electron chi connectivity index (χ4n) is 2.15. The lowest BCUT2D eigenvalue weighted by atomic mass is 9.73. The maximum absolute atomic E-state index is 11.8. The quantitative estimate of drug-likeness (QED) is 0.558. The van der Waals surface area contributed by atoms with E-state index in [1.54, 1.807) is 0 Å². The average molecular weight is 196 g/mol. The van der Waals surface area contributed by atoms with E-state index in [-0.39, 0.29) is 29.3 Å². The lowest BCUT2D eigenvalue weighted by Crippen LogP contribution is -2.31. The molecule has 0 N–H and O–H groups in total. The summed E-state index contributed by atoms with van der Waals surface area (Å²) in [7, 11) is 0. The second-order valence-corrected chi connectivity index (χ2v) is 5.35. The van der Waals surface area contributed by atoms with E-state index in [0.717, 1.165) is 19.3 Å². The minimum absolute atomic E-state index is 0.00863. The lowest BCUT2D eigenvalue weighted by molar-refractivity contribution is -0.132. The fraction of sp³-hybridized carbons (Fsp3) is 0.833. The van der Waals surface area contributed by atoms with Crippen LogP contribution in [-0.2, 0) is 9.59 Å². The van der Waals surface area contributed by atoms with Crippen LogP contribution in [0.2, 0.25) is 0 Å². The van der Waals surface area contributed by atoms with Gasteiger partial charge in [-0.25, -0.2) is 0 Å². The molecule has 0 amide bonds. The largest absolute Gasteiger partial charge is 0.299 e. The van der Waals surface area contributed by atoms with Gasteiger partial charge in [-0.05, 0) is 18.3 Å². The van der Waals surface area contributed by atoms with Crippen LogP contribution in [0, 0.1) is 11.3 Å². The van der Waals surface area contributed by atoms with Gasteiger partial charge in [-0.15, -0.1) is 0 Å². The van der Waals surface area contributed by atoms with Crippen LogP contribution in [0.4, 0.5) is 0 Å². The van der Waals surface area contributed by atoms with E-state index >= 15 is 0 Å². The van der Waals surface area contributed by atoms with Crippen LogP contribution in [0.3, 0.4) is 0 Å². The summed E-state index contributed by atoms with van der Waals surface area (Å²) in [5.41, 5.74) is 0.00863. The van der Waals surface area contributed by atoms with Crippen LogP contribution < -0.4 is 0 Å². The molecule has 1 unspecified atom stereocenters. The molecule has 0 spiro atoms. The Hall–Kier alpha value is -0.660. The molecule has 1 rings (SSSR count). The summed E-state index contributed by atoms with van der Waals surface area (Å²) in [5.74, 6) is 0.359. The van der Waals surface area contributed by atoms with E-state index in [1.807, 2.05) is 0 Å². The monoisotopic (exact) mass is 196 g/mol. The standard InChI is InChI=1S/C12H20O2/c1-12(2,3)10-7-5-4-6-9(13)8-11(10)14/h10H,4-8H2,1-3H3. The van der Waals surface area contributed by atoms with Gasteiger partial charge in [0.2, 0.25) is 0 Å². The third kappa shape index (κ3) is 2.93. The number of Topliss-reactive ketones (excluding diaryl/α,β-unsaturated/α-hetero) is 2. The van der Waals surface area contributed by atoms with Crippen LogP contribution in [0.15, 0.2) is 0 Å². The number of hydrogen-bond donors (Lipinski definition) is 0. The molecule has 1 aliphatic rings. The van der Waals surface area contributed by atoms with Crippen molar-refractivity contribution in [3.63, 3.8) is 0 Å². The predicted molar refractivity (Wildman–Crippen MR) is 56.0 cm³/mol. The number of ketones is 2. The highest BCUT2D eigenvalue weighted by molar-refractivity contribution is 6.00. The maximum Gasteiger partial charge on any atom is 0.143 e. The molecule has 0 aromatic rings. The first-order chi connectivity index (χ1) is 6.41. The topological polar surface area (TPSA) is 34.1 Å². The van der Waals surface area contributed by atoms with Gasteiger partial charge in [-0.2, -0.15) is 0 Å². The van der Waals surface area contributed by atoms with Crippen LogP contribution in [0.25, 0.3) is 0 Å². The Morgan fingerprint density at radius 2 is 1.79 bits per heavy atom. The molecule has 2 heteroatoms. The molecular formula is C12H20O2. The molecule has 0 saturated heterocycles. The van der Waals surface area contributed by atoms with Crippen LogP contribution in [0.1, 0.15) is 52.9 Å². The van der Waals surface area contributed by atoms with Crippen molar-refractivity contribution in [2.75, 3.05) is 0 Å². The molecule has 0 aromatic heterocycles. The maximum atomic E-state index is 11.8. The highest BCUT2D eigenvalue weighted by Gasteiger charge is 2.32. The molecule has 1 fully saturated rings. The summed E-state index contributed by atoms with van der Waals surface area (Å²) in [4.78, 5) is 23.1. The van der Waals surface area contributed by atoms with E-state index in [1.165, 1.54) is 0 Å². The highest BCUT2D eigenvalue weighted by Crippen LogP contribution is 2.33. The molecule has 0 bridgehead atoms. The van der Waals surface area contributed by atoms with Crippen LogP contribution >= 0.6 is 0 Å². The van der Waals surface area contributed by atoms with Gasteiger partial charge >= 0.3 is 0 Å². The summed E-state index contributed by atoms with van der Waals surface area (Å²) < 4.78 is 0. The van der Waals surface area contributed by atoms with Gasteiger partial charge in [0.25, 0.3) is 0 Å². The van der Waals surface area contributed by atoms with E-state index in [9.17, 15) is 9.59 Å². The van der Waals surface area contributed by atoms with Crippen molar-refractivity contribution in [3.8, 4) is 0 Å². The van der Waals surface area contributed by atoms with Gasteiger partial charge in [-0.3, -0.25) is 9.59 Å².